The molecule has 0 spiro atoms. The van der Waals surface area contributed by atoms with Gasteiger partial charge in [-0.15, -0.1) is 0 Å². The molecule has 3 rings (SSSR count). The van der Waals surface area contributed by atoms with E-state index in [0.29, 0.717) is 31.2 Å². The van der Waals surface area contributed by atoms with Crippen LogP contribution in [0.3, 0.4) is 0 Å². The molecular weight excluding hydrogens is 350 g/mol. The summed E-state index contributed by atoms with van der Waals surface area (Å²) in [5.74, 6) is 0.260. The normalized spacial score (nSPS) is 18.4. The number of hydrogen-bond donors (Lipinski definition) is 2. The third kappa shape index (κ3) is 4.72. The number of carbonyl (C=O) groups excluding carboxylic acids is 2. The third-order valence-corrected chi connectivity index (χ3v) is 5.44. The highest BCUT2D eigenvalue weighted by molar-refractivity contribution is 5.98. The summed E-state index contributed by atoms with van der Waals surface area (Å²) in [6, 6.07) is 1.27. The Balaban J connectivity index is 1.57. The van der Waals surface area contributed by atoms with Crippen molar-refractivity contribution < 1.29 is 14.5 Å². The van der Waals surface area contributed by atoms with Gasteiger partial charge in [0.25, 0.3) is 11.6 Å². The van der Waals surface area contributed by atoms with Gasteiger partial charge in [-0.25, -0.2) is 4.98 Å². The van der Waals surface area contributed by atoms with Gasteiger partial charge in [0.2, 0.25) is 5.91 Å². The van der Waals surface area contributed by atoms with Crippen LogP contribution in [0.5, 0.6) is 0 Å². The number of piperidine rings is 1. The smallest absolute Gasteiger partial charge is 0.288 e. The summed E-state index contributed by atoms with van der Waals surface area (Å²) in [4.78, 5) is 40.2. The average Bonchev–Trinajstić information content (AvgIpc) is 3.14. The quantitative estimate of drug-likeness (QED) is 0.575. The van der Waals surface area contributed by atoms with Gasteiger partial charge in [0.05, 0.1) is 10.5 Å². The molecule has 0 atom stereocenters. The maximum absolute atomic E-state index is 12.2. The Hall–Kier alpha value is -2.71. The van der Waals surface area contributed by atoms with Crippen molar-refractivity contribution >= 4 is 23.3 Å². The minimum Gasteiger partial charge on any atom is -0.365 e. The molecule has 1 aromatic heterocycles. The minimum absolute atomic E-state index is 0.0490. The summed E-state index contributed by atoms with van der Waals surface area (Å²) in [7, 11) is 0. The molecule has 0 aromatic carbocycles. The molecule has 3 N–H and O–H groups in total. The number of nitrogens with one attached hydrogen (secondary N) is 1. The summed E-state index contributed by atoms with van der Waals surface area (Å²) < 4.78 is 0. The first kappa shape index (κ1) is 19.1. The van der Waals surface area contributed by atoms with Crippen molar-refractivity contribution in [3.05, 3.63) is 27.9 Å². The first-order chi connectivity index (χ1) is 12.9. The van der Waals surface area contributed by atoms with E-state index in [1.165, 1.54) is 18.9 Å². The van der Waals surface area contributed by atoms with Crippen LogP contribution in [-0.4, -0.2) is 40.9 Å². The fourth-order valence-electron chi connectivity index (χ4n) is 3.98. The molecular formula is C18H25N5O4. The predicted molar refractivity (Wildman–Crippen MR) is 99.4 cm³/mol. The average molecular weight is 375 g/mol. The van der Waals surface area contributed by atoms with Gasteiger partial charge < -0.3 is 16.0 Å². The van der Waals surface area contributed by atoms with E-state index in [2.05, 4.69) is 10.3 Å². The number of nitrogens with two attached hydrogens (primary N) is 1. The largest absolute Gasteiger partial charge is 0.365 e. The van der Waals surface area contributed by atoms with Crippen molar-refractivity contribution in [2.75, 3.05) is 18.0 Å². The predicted octanol–water partition coefficient (Wildman–Crippen LogP) is 1.75. The van der Waals surface area contributed by atoms with Crippen LogP contribution in [-0.2, 0) is 4.79 Å². The van der Waals surface area contributed by atoms with Gasteiger partial charge in [-0.05, 0) is 31.6 Å². The number of aromatic nitrogens is 1. The van der Waals surface area contributed by atoms with Gasteiger partial charge in [0, 0.05) is 31.6 Å². The molecule has 0 radical (unpaired) electrons. The zero-order valence-electron chi connectivity index (χ0n) is 15.2. The summed E-state index contributed by atoms with van der Waals surface area (Å²) in [5, 5.41) is 14.0. The van der Waals surface area contributed by atoms with Gasteiger partial charge in [-0.1, -0.05) is 12.8 Å². The zero-order valence-corrected chi connectivity index (χ0v) is 15.2. The van der Waals surface area contributed by atoms with E-state index in [9.17, 15) is 19.7 Å². The first-order valence-electron chi connectivity index (χ1n) is 9.42. The lowest BCUT2D eigenvalue weighted by molar-refractivity contribution is -0.385. The lowest BCUT2D eigenvalue weighted by Gasteiger charge is -2.34. The molecule has 27 heavy (non-hydrogen) atoms. The number of nitro groups is 1. The number of rotatable bonds is 6. The van der Waals surface area contributed by atoms with Gasteiger partial charge in [-0.3, -0.25) is 19.7 Å². The molecule has 1 aliphatic carbocycles. The van der Waals surface area contributed by atoms with Crippen molar-refractivity contribution in [1.29, 1.82) is 0 Å². The van der Waals surface area contributed by atoms with Crippen LogP contribution in [0.25, 0.3) is 0 Å². The lowest BCUT2D eigenvalue weighted by Crippen LogP contribution is -2.45. The fraction of sp³-hybridized carbons (Fsp3) is 0.611. The number of carbonyl (C=O) groups is 2. The Labute approximate surface area is 157 Å². The highest BCUT2D eigenvalue weighted by atomic mass is 16.6. The maximum Gasteiger partial charge on any atom is 0.288 e. The molecule has 0 unspecified atom stereocenters. The number of amides is 2. The van der Waals surface area contributed by atoms with Crippen LogP contribution in [0.2, 0.25) is 0 Å². The number of nitrogens with zero attached hydrogens (tertiary/aromatic N) is 3. The van der Waals surface area contributed by atoms with E-state index in [4.69, 9.17) is 5.73 Å². The molecule has 0 bridgehead atoms. The monoisotopic (exact) mass is 375 g/mol. The zero-order chi connectivity index (χ0) is 19.4. The summed E-state index contributed by atoms with van der Waals surface area (Å²) >= 11 is 0. The highest BCUT2D eigenvalue weighted by Gasteiger charge is 2.27. The lowest BCUT2D eigenvalue weighted by atomic mass is 10.0. The van der Waals surface area contributed by atoms with Gasteiger partial charge in [-0.2, -0.15) is 0 Å². The molecule has 2 fully saturated rings. The van der Waals surface area contributed by atoms with Crippen LogP contribution >= 0.6 is 0 Å². The maximum atomic E-state index is 12.2. The number of primary amides is 1. The van der Waals surface area contributed by atoms with E-state index in [1.54, 1.807) is 0 Å². The fourth-order valence-corrected chi connectivity index (χ4v) is 3.98. The van der Waals surface area contributed by atoms with Crippen LogP contribution in [0, 0.1) is 16.0 Å². The molecule has 9 heteroatoms. The summed E-state index contributed by atoms with van der Waals surface area (Å²) in [6.07, 6.45) is 7.94. The Morgan fingerprint density at radius 3 is 2.52 bits per heavy atom. The van der Waals surface area contributed by atoms with Crippen molar-refractivity contribution in [1.82, 2.24) is 10.3 Å². The summed E-state index contributed by atoms with van der Waals surface area (Å²) in [6.45, 7) is 1.19. The second-order valence-electron chi connectivity index (χ2n) is 7.37. The molecule has 2 heterocycles. The van der Waals surface area contributed by atoms with Crippen molar-refractivity contribution in [2.24, 2.45) is 11.7 Å². The molecule has 1 saturated heterocycles. The van der Waals surface area contributed by atoms with E-state index in [0.717, 1.165) is 31.9 Å². The first-order valence-corrected chi connectivity index (χ1v) is 9.42. The second-order valence-corrected chi connectivity index (χ2v) is 7.37. The topological polar surface area (TPSA) is 131 Å². The van der Waals surface area contributed by atoms with E-state index in [-0.39, 0.29) is 23.2 Å². The Morgan fingerprint density at radius 1 is 1.26 bits per heavy atom. The third-order valence-electron chi connectivity index (χ3n) is 5.44. The standard InChI is InChI=1S/C18H25N5O4/c19-17(25)15-10-14(23(26)27)11-20-18(15)22-7-5-13(6-8-22)21-16(24)9-12-3-1-2-4-12/h10-13H,1-9H2,(H2,19,25)(H,21,24). The van der Waals surface area contributed by atoms with Crippen molar-refractivity contribution in [3.63, 3.8) is 0 Å². The number of anilines is 1. The van der Waals surface area contributed by atoms with Crippen molar-refractivity contribution in [2.45, 2.75) is 51.0 Å². The van der Waals surface area contributed by atoms with E-state index < -0.39 is 10.8 Å². The number of pyridine rings is 1. The molecule has 2 amide bonds. The highest BCUT2D eigenvalue weighted by Crippen LogP contribution is 2.28. The Bertz CT molecular complexity index is 724. The minimum atomic E-state index is -0.742. The van der Waals surface area contributed by atoms with Crippen LogP contribution < -0.4 is 16.0 Å². The van der Waals surface area contributed by atoms with Crippen LogP contribution in [0.15, 0.2) is 12.3 Å². The molecule has 2 aliphatic rings. The van der Waals surface area contributed by atoms with Gasteiger partial charge in [0.15, 0.2) is 0 Å². The molecule has 1 aliphatic heterocycles. The van der Waals surface area contributed by atoms with E-state index in [1.807, 2.05) is 4.90 Å². The van der Waals surface area contributed by atoms with Gasteiger partial charge in [0.1, 0.15) is 12.0 Å². The Kier molecular flexibility index (Phi) is 5.88. The van der Waals surface area contributed by atoms with E-state index >= 15 is 0 Å². The Morgan fingerprint density at radius 2 is 1.93 bits per heavy atom. The van der Waals surface area contributed by atoms with Gasteiger partial charge >= 0.3 is 0 Å². The second kappa shape index (κ2) is 8.32. The SMILES string of the molecule is NC(=O)c1cc([N+](=O)[O-])cnc1N1CCC(NC(=O)CC2CCCC2)CC1. The molecule has 146 valence electrons. The van der Waals surface area contributed by atoms with Crippen molar-refractivity contribution in [3.8, 4) is 0 Å². The molecule has 1 aromatic rings. The van der Waals surface area contributed by atoms with Crippen LogP contribution in [0.4, 0.5) is 11.5 Å². The van der Waals surface area contributed by atoms with Crippen LogP contribution in [0.1, 0.15) is 55.3 Å². The summed E-state index contributed by atoms with van der Waals surface area (Å²) in [5.41, 5.74) is 5.16. The number of hydrogen-bond acceptors (Lipinski definition) is 6. The molecule has 1 saturated carbocycles. The molecule has 9 nitrogen and oxygen atoms in total.